The Balaban J connectivity index is 2.16. The summed E-state index contributed by atoms with van der Waals surface area (Å²) in [4.78, 5) is 0. The van der Waals surface area contributed by atoms with E-state index < -0.39 is 0 Å². The summed E-state index contributed by atoms with van der Waals surface area (Å²) in [6, 6.07) is 15.7. The third-order valence-electron chi connectivity index (χ3n) is 2.28. The fourth-order valence-electron chi connectivity index (χ4n) is 1.45. The lowest BCUT2D eigenvalue weighted by Gasteiger charge is -2.08. The van der Waals surface area contributed by atoms with Gasteiger partial charge in [0.2, 0.25) is 0 Å². The molecule has 0 saturated heterocycles. The van der Waals surface area contributed by atoms with E-state index in [0.29, 0.717) is 0 Å². The predicted octanol–water partition coefficient (Wildman–Crippen LogP) is 4.13. The maximum Gasteiger partial charge on any atom is 0.0407 e. The van der Waals surface area contributed by atoms with Crippen LogP contribution in [0, 0.1) is 0 Å². The van der Waals surface area contributed by atoms with E-state index in [9.17, 15) is 0 Å². The number of hydrogen-bond acceptors (Lipinski definition) is 2. The van der Waals surface area contributed by atoms with Gasteiger partial charge in [0.05, 0.1) is 0 Å². The number of anilines is 3. The lowest BCUT2D eigenvalue weighted by Crippen LogP contribution is -1.92. The quantitative estimate of drug-likeness (QED) is 0.832. The van der Waals surface area contributed by atoms with Crippen LogP contribution in [-0.4, -0.2) is 7.05 Å². The minimum Gasteiger partial charge on any atom is -0.388 e. The van der Waals surface area contributed by atoms with Crippen molar-refractivity contribution in [2.24, 2.45) is 0 Å². The van der Waals surface area contributed by atoms with Crippen molar-refractivity contribution in [1.82, 2.24) is 0 Å². The molecular formula is C13H13ClN2. The highest BCUT2D eigenvalue weighted by Gasteiger charge is 1.95. The van der Waals surface area contributed by atoms with E-state index in [1.54, 1.807) is 0 Å². The second-order valence-electron chi connectivity index (χ2n) is 3.46. The van der Waals surface area contributed by atoms with Gasteiger partial charge in [0.15, 0.2) is 0 Å². The number of hydrogen-bond donors (Lipinski definition) is 2. The molecule has 0 aliphatic rings. The number of halogens is 1. The number of rotatable bonds is 3. The van der Waals surface area contributed by atoms with Crippen molar-refractivity contribution in [2.45, 2.75) is 0 Å². The van der Waals surface area contributed by atoms with Crippen LogP contribution in [0.2, 0.25) is 5.02 Å². The molecule has 82 valence electrons. The zero-order chi connectivity index (χ0) is 11.4. The second-order valence-corrected chi connectivity index (χ2v) is 3.90. The van der Waals surface area contributed by atoms with Gasteiger partial charge in [-0.05, 0) is 42.5 Å². The molecule has 0 atom stereocenters. The highest BCUT2D eigenvalue weighted by molar-refractivity contribution is 6.30. The van der Waals surface area contributed by atoms with E-state index in [4.69, 9.17) is 11.6 Å². The molecule has 2 aromatic rings. The molecule has 0 unspecified atom stereocenters. The average Bonchev–Trinajstić information content (AvgIpc) is 2.32. The molecule has 2 nitrogen and oxygen atoms in total. The van der Waals surface area contributed by atoms with E-state index in [2.05, 4.69) is 16.7 Å². The highest BCUT2D eigenvalue weighted by atomic mass is 35.5. The monoisotopic (exact) mass is 232 g/mol. The lowest BCUT2D eigenvalue weighted by atomic mass is 10.2. The van der Waals surface area contributed by atoms with Crippen LogP contribution in [0.25, 0.3) is 0 Å². The minimum absolute atomic E-state index is 0.745. The van der Waals surface area contributed by atoms with Gasteiger partial charge in [-0.25, -0.2) is 0 Å². The van der Waals surface area contributed by atoms with Crippen LogP contribution in [0.3, 0.4) is 0 Å². The van der Waals surface area contributed by atoms with E-state index in [1.807, 2.05) is 49.5 Å². The number of nitrogens with one attached hydrogen (secondary N) is 2. The van der Waals surface area contributed by atoms with Crippen LogP contribution in [-0.2, 0) is 0 Å². The molecule has 0 radical (unpaired) electrons. The van der Waals surface area contributed by atoms with Crippen molar-refractivity contribution < 1.29 is 0 Å². The first-order valence-corrected chi connectivity index (χ1v) is 5.46. The average molecular weight is 233 g/mol. The fraction of sp³-hybridized carbons (Fsp3) is 0.0769. The van der Waals surface area contributed by atoms with E-state index in [0.717, 1.165) is 22.1 Å². The van der Waals surface area contributed by atoms with Gasteiger partial charge in [-0.1, -0.05) is 17.7 Å². The molecule has 2 rings (SSSR count). The van der Waals surface area contributed by atoms with Crippen molar-refractivity contribution in [2.75, 3.05) is 17.7 Å². The van der Waals surface area contributed by atoms with Crippen LogP contribution < -0.4 is 10.6 Å². The zero-order valence-electron chi connectivity index (χ0n) is 9.00. The predicted molar refractivity (Wildman–Crippen MR) is 70.7 cm³/mol. The molecule has 0 amide bonds. The summed E-state index contributed by atoms with van der Waals surface area (Å²) in [5, 5.41) is 7.15. The molecule has 0 fully saturated rings. The largest absolute Gasteiger partial charge is 0.388 e. The molecule has 0 spiro atoms. The van der Waals surface area contributed by atoms with Crippen LogP contribution in [0.4, 0.5) is 17.1 Å². The van der Waals surface area contributed by atoms with Crippen LogP contribution in [0.1, 0.15) is 0 Å². The first kappa shape index (κ1) is 10.8. The molecule has 0 heterocycles. The van der Waals surface area contributed by atoms with Gasteiger partial charge >= 0.3 is 0 Å². The van der Waals surface area contributed by atoms with Gasteiger partial charge in [-0.2, -0.15) is 0 Å². The van der Waals surface area contributed by atoms with E-state index in [1.165, 1.54) is 0 Å². The molecule has 0 aliphatic carbocycles. The van der Waals surface area contributed by atoms with Crippen molar-refractivity contribution >= 4 is 28.7 Å². The Morgan fingerprint density at radius 2 is 1.56 bits per heavy atom. The number of benzene rings is 2. The Hall–Kier alpha value is -1.67. The molecule has 0 saturated carbocycles. The lowest BCUT2D eigenvalue weighted by molar-refractivity contribution is 1.49. The standard InChI is InChI=1S/C13H13ClN2/c1-15-12-3-2-4-13(9-12)16-11-7-5-10(14)6-8-11/h2-9,15-16H,1H3. The Bertz CT molecular complexity index is 466. The van der Waals surface area contributed by atoms with Gasteiger partial charge in [-0.15, -0.1) is 0 Å². The molecular weight excluding hydrogens is 220 g/mol. The maximum atomic E-state index is 5.82. The fourth-order valence-corrected chi connectivity index (χ4v) is 1.58. The first-order valence-electron chi connectivity index (χ1n) is 5.08. The van der Waals surface area contributed by atoms with E-state index in [-0.39, 0.29) is 0 Å². The summed E-state index contributed by atoms with van der Waals surface area (Å²) >= 11 is 5.82. The summed E-state index contributed by atoms with van der Waals surface area (Å²) in [7, 11) is 1.90. The van der Waals surface area contributed by atoms with Gasteiger partial charge in [0.1, 0.15) is 0 Å². The normalized spacial score (nSPS) is 9.88. The molecule has 16 heavy (non-hydrogen) atoms. The van der Waals surface area contributed by atoms with Gasteiger partial charge in [-0.3, -0.25) is 0 Å². The maximum absolute atomic E-state index is 5.82. The molecule has 2 aromatic carbocycles. The Morgan fingerprint density at radius 1 is 0.875 bits per heavy atom. The Labute approximate surface area is 100 Å². The smallest absolute Gasteiger partial charge is 0.0407 e. The van der Waals surface area contributed by atoms with Crippen molar-refractivity contribution in [3.8, 4) is 0 Å². The van der Waals surface area contributed by atoms with E-state index >= 15 is 0 Å². The first-order chi connectivity index (χ1) is 7.78. The highest BCUT2D eigenvalue weighted by Crippen LogP contribution is 2.21. The van der Waals surface area contributed by atoms with Crippen molar-refractivity contribution in [3.63, 3.8) is 0 Å². The van der Waals surface area contributed by atoms with Gasteiger partial charge < -0.3 is 10.6 Å². The second kappa shape index (κ2) is 4.90. The summed E-state index contributed by atoms with van der Waals surface area (Å²) in [5.74, 6) is 0. The molecule has 2 N–H and O–H groups in total. The zero-order valence-corrected chi connectivity index (χ0v) is 9.75. The van der Waals surface area contributed by atoms with Crippen molar-refractivity contribution in [3.05, 3.63) is 53.6 Å². The topological polar surface area (TPSA) is 24.1 Å². The van der Waals surface area contributed by atoms with Crippen molar-refractivity contribution in [1.29, 1.82) is 0 Å². The van der Waals surface area contributed by atoms with Crippen LogP contribution >= 0.6 is 11.6 Å². The SMILES string of the molecule is CNc1cccc(Nc2ccc(Cl)cc2)c1. The third kappa shape index (κ3) is 2.67. The van der Waals surface area contributed by atoms with Gasteiger partial charge in [0.25, 0.3) is 0 Å². The van der Waals surface area contributed by atoms with Crippen LogP contribution in [0.15, 0.2) is 48.5 Å². The summed E-state index contributed by atoms with van der Waals surface area (Å²) < 4.78 is 0. The Morgan fingerprint density at radius 3 is 2.25 bits per heavy atom. The summed E-state index contributed by atoms with van der Waals surface area (Å²) in [6.45, 7) is 0. The molecule has 0 aromatic heterocycles. The Kier molecular flexibility index (Phi) is 3.32. The molecule has 3 heteroatoms. The van der Waals surface area contributed by atoms with Gasteiger partial charge in [0, 0.05) is 29.1 Å². The summed E-state index contributed by atoms with van der Waals surface area (Å²) in [5.41, 5.74) is 3.16. The van der Waals surface area contributed by atoms with Crippen LogP contribution in [0.5, 0.6) is 0 Å². The molecule has 0 bridgehead atoms. The minimum atomic E-state index is 0.745. The molecule has 0 aliphatic heterocycles. The third-order valence-corrected chi connectivity index (χ3v) is 2.54. The summed E-state index contributed by atoms with van der Waals surface area (Å²) in [6.07, 6.45) is 0.